The quantitative estimate of drug-likeness (QED) is 0.892. The molecule has 2 aliphatic heterocycles. The molecular formula is C15H22N4O3. The van der Waals surface area contributed by atoms with E-state index in [1.54, 1.807) is 23.1 Å². The molecule has 0 aromatic carbocycles. The highest BCUT2D eigenvalue weighted by atomic mass is 16.5. The van der Waals surface area contributed by atoms with E-state index in [2.05, 4.69) is 10.2 Å². The first-order valence-corrected chi connectivity index (χ1v) is 7.85. The first-order chi connectivity index (χ1) is 10.7. The van der Waals surface area contributed by atoms with Gasteiger partial charge in [-0.15, -0.1) is 0 Å². The second kappa shape index (κ2) is 6.48. The smallest absolute Gasteiger partial charge is 0.252 e. The lowest BCUT2D eigenvalue weighted by Crippen LogP contribution is -2.47. The monoisotopic (exact) mass is 306 g/mol. The van der Waals surface area contributed by atoms with Gasteiger partial charge in [0, 0.05) is 20.2 Å². The van der Waals surface area contributed by atoms with Gasteiger partial charge in [-0.25, -0.2) is 0 Å². The van der Waals surface area contributed by atoms with Gasteiger partial charge in [-0.3, -0.25) is 14.7 Å². The normalized spacial score (nSPS) is 22.4. The van der Waals surface area contributed by atoms with Crippen molar-refractivity contribution >= 4 is 17.5 Å². The zero-order valence-corrected chi connectivity index (χ0v) is 12.9. The Labute approximate surface area is 129 Å². The third-order valence-corrected chi connectivity index (χ3v) is 4.44. The Bertz CT molecular complexity index is 557. The van der Waals surface area contributed by atoms with Crippen LogP contribution in [-0.4, -0.2) is 59.8 Å². The Kier molecular flexibility index (Phi) is 4.42. The van der Waals surface area contributed by atoms with Crippen molar-refractivity contribution in [2.45, 2.75) is 38.2 Å². The number of carbonyl (C=O) groups is 2. The number of amides is 2. The third-order valence-electron chi connectivity index (χ3n) is 4.44. The number of nitrogens with zero attached hydrogens (tertiary/aromatic N) is 3. The molecule has 120 valence electrons. The van der Waals surface area contributed by atoms with Gasteiger partial charge >= 0.3 is 0 Å². The maximum absolute atomic E-state index is 12.6. The SMILES string of the molecule is COC1CCCCN(CC(=O)N2CCCc3[nH]ncc32)C1=O. The summed E-state index contributed by atoms with van der Waals surface area (Å²) in [5, 5.41) is 6.96. The van der Waals surface area contributed by atoms with Crippen LogP contribution in [-0.2, 0) is 20.7 Å². The van der Waals surface area contributed by atoms with Crippen LogP contribution in [0.2, 0.25) is 0 Å². The summed E-state index contributed by atoms with van der Waals surface area (Å²) in [4.78, 5) is 28.4. The van der Waals surface area contributed by atoms with Crippen LogP contribution in [0.1, 0.15) is 31.4 Å². The van der Waals surface area contributed by atoms with E-state index in [-0.39, 0.29) is 18.4 Å². The number of rotatable bonds is 3. The molecule has 0 saturated carbocycles. The van der Waals surface area contributed by atoms with Crippen LogP contribution in [0.3, 0.4) is 0 Å². The highest BCUT2D eigenvalue weighted by Gasteiger charge is 2.31. The zero-order chi connectivity index (χ0) is 15.5. The number of aryl methyl sites for hydroxylation is 1. The van der Waals surface area contributed by atoms with Crippen LogP contribution in [0.25, 0.3) is 0 Å². The lowest BCUT2D eigenvalue weighted by molar-refractivity contribution is -0.143. The molecule has 1 atom stereocenters. The summed E-state index contributed by atoms with van der Waals surface area (Å²) in [6, 6.07) is 0. The molecule has 1 fully saturated rings. The highest BCUT2D eigenvalue weighted by Crippen LogP contribution is 2.25. The topological polar surface area (TPSA) is 78.5 Å². The first-order valence-electron chi connectivity index (χ1n) is 7.85. The minimum Gasteiger partial charge on any atom is -0.372 e. The Hall–Kier alpha value is -1.89. The van der Waals surface area contributed by atoms with Crippen molar-refractivity contribution in [1.29, 1.82) is 0 Å². The van der Waals surface area contributed by atoms with Crippen molar-refractivity contribution in [3.8, 4) is 0 Å². The van der Waals surface area contributed by atoms with Crippen molar-refractivity contribution < 1.29 is 14.3 Å². The van der Waals surface area contributed by atoms with Gasteiger partial charge < -0.3 is 14.5 Å². The number of H-pyrrole nitrogens is 1. The van der Waals surface area contributed by atoms with Gasteiger partial charge in [-0.1, -0.05) is 0 Å². The number of fused-ring (bicyclic) bond motifs is 1. The van der Waals surface area contributed by atoms with Crippen molar-refractivity contribution in [2.24, 2.45) is 0 Å². The molecule has 0 radical (unpaired) electrons. The van der Waals surface area contributed by atoms with Crippen LogP contribution in [0, 0.1) is 0 Å². The van der Waals surface area contributed by atoms with Gasteiger partial charge in [0.05, 0.1) is 17.6 Å². The van der Waals surface area contributed by atoms with Gasteiger partial charge in [-0.05, 0) is 32.1 Å². The van der Waals surface area contributed by atoms with Gasteiger partial charge in [0.25, 0.3) is 5.91 Å². The van der Waals surface area contributed by atoms with E-state index in [9.17, 15) is 9.59 Å². The van der Waals surface area contributed by atoms with Gasteiger partial charge in [0.15, 0.2) is 0 Å². The maximum atomic E-state index is 12.6. The average molecular weight is 306 g/mol. The number of anilines is 1. The van der Waals surface area contributed by atoms with E-state index in [1.807, 2.05) is 0 Å². The molecule has 1 aromatic heterocycles. The molecule has 1 saturated heterocycles. The van der Waals surface area contributed by atoms with E-state index in [4.69, 9.17) is 4.74 Å². The molecule has 2 aliphatic rings. The van der Waals surface area contributed by atoms with Crippen LogP contribution >= 0.6 is 0 Å². The van der Waals surface area contributed by atoms with Crippen molar-refractivity contribution in [2.75, 3.05) is 31.6 Å². The van der Waals surface area contributed by atoms with Crippen LogP contribution < -0.4 is 4.90 Å². The van der Waals surface area contributed by atoms with Crippen molar-refractivity contribution in [3.05, 3.63) is 11.9 Å². The molecule has 3 heterocycles. The molecule has 0 bridgehead atoms. The third kappa shape index (κ3) is 2.85. The summed E-state index contributed by atoms with van der Waals surface area (Å²) in [5.41, 5.74) is 1.85. The number of hydrogen-bond acceptors (Lipinski definition) is 4. The van der Waals surface area contributed by atoms with Crippen LogP contribution in [0.5, 0.6) is 0 Å². The molecule has 0 spiro atoms. The largest absolute Gasteiger partial charge is 0.372 e. The Morgan fingerprint density at radius 1 is 1.41 bits per heavy atom. The first kappa shape index (κ1) is 15.0. The standard InChI is InChI=1S/C15H22N4O3/c1-22-13-6-2-3-7-18(15(13)21)10-14(20)19-8-4-5-11-12(19)9-16-17-11/h9,13H,2-8,10H2,1H3,(H,16,17). The predicted octanol–water partition coefficient (Wildman–Crippen LogP) is 0.716. The maximum Gasteiger partial charge on any atom is 0.252 e. The highest BCUT2D eigenvalue weighted by molar-refractivity contribution is 5.97. The Morgan fingerprint density at radius 3 is 3.09 bits per heavy atom. The van der Waals surface area contributed by atoms with Crippen LogP contribution in [0.15, 0.2) is 6.20 Å². The molecule has 1 aromatic rings. The number of methoxy groups -OCH3 is 1. The molecule has 1 N–H and O–H groups in total. The van der Waals surface area contributed by atoms with E-state index >= 15 is 0 Å². The minimum atomic E-state index is -0.416. The number of aromatic amines is 1. The number of carbonyl (C=O) groups excluding carboxylic acids is 2. The molecule has 3 rings (SSSR count). The van der Waals surface area contributed by atoms with E-state index in [0.29, 0.717) is 13.1 Å². The minimum absolute atomic E-state index is 0.0487. The summed E-state index contributed by atoms with van der Waals surface area (Å²) in [6.07, 6.45) is 5.69. The summed E-state index contributed by atoms with van der Waals surface area (Å²) >= 11 is 0. The molecular weight excluding hydrogens is 284 g/mol. The average Bonchev–Trinajstić information content (AvgIpc) is 2.94. The zero-order valence-electron chi connectivity index (χ0n) is 12.9. The summed E-state index contributed by atoms with van der Waals surface area (Å²) in [6.45, 7) is 1.42. The summed E-state index contributed by atoms with van der Waals surface area (Å²) in [5.74, 6) is -0.120. The van der Waals surface area contributed by atoms with Gasteiger partial charge in [0.1, 0.15) is 12.6 Å². The summed E-state index contributed by atoms with van der Waals surface area (Å²) < 4.78 is 5.25. The number of ether oxygens (including phenoxy) is 1. The van der Waals surface area contributed by atoms with Gasteiger partial charge in [-0.2, -0.15) is 5.10 Å². The Balaban J connectivity index is 1.70. The van der Waals surface area contributed by atoms with E-state index < -0.39 is 6.10 Å². The molecule has 22 heavy (non-hydrogen) atoms. The van der Waals surface area contributed by atoms with Crippen LogP contribution in [0.4, 0.5) is 5.69 Å². The van der Waals surface area contributed by atoms with E-state index in [1.165, 1.54) is 0 Å². The fourth-order valence-corrected chi connectivity index (χ4v) is 3.21. The molecule has 0 aliphatic carbocycles. The number of likely N-dealkylation sites (tertiary alicyclic amines) is 1. The number of nitrogens with one attached hydrogen (secondary N) is 1. The molecule has 7 heteroatoms. The van der Waals surface area contributed by atoms with Crippen molar-refractivity contribution in [3.63, 3.8) is 0 Å². The predicted molar refractivity (Wildman–Crippen MR) is 80.5 cm³/mol. The Morgan fingerprint density at radius 2 is 2.27 bits per heavy atom. The summed E-state index contributed by atoms with van der Waals surface area (Å²) in [7, 11) is 1.55. The fourth-order valence-electron chi connectivity index (χ4n) is 3.21. The number of aromatic nitrogens is 2. The lowest BCUT2D eigenvalue weighted by atomic mass is 10.1. The fraction of sp³-hybridized carbons (Fsp3) is 0.667. The molecule has 2 amide bonds. The lowest BCUT2D eigenvalue weighted by Gasteiger charge is -2.30. The van der Waals surface area contributed by atoms with Crippen molar-refractivity contribution in [1.82, 2.24) is 15.1 Å². The van der Waals surface area contributed by atoms with E-state index in [0.717, 1.165) is 43.5 Å². The van der Waals surface area contributed by atoms with Gasteiger partial charge in [0.2, 0.25) is 5.91 Å². The second-order valence-corrected chi connectivity index (χ2v) is 5.86. The molecule has 1 unspecified atom stereocenters. The molecule has 7 nitrogen and oxygen atoms in total. The second-order valence-electron chi connectivity index (χ2n) is 5.86. The number of hydrogen-bond donors (Lipinski definition) is 1.